The van der Waals surface area contributed by atoms with Crippen molar-refractivity contribution in [1.29, 1.82) is 0 Å². The van der Waals surface area contributed by atoms with Crippen molar-refractivity contribution in [2.75, 3.05) is 26.1 Å². The van der Waals surface area contributed by atoms with Crippen LogP contribution in [0.25, 0.3) is 0 Å². The first-order valence-electron chi connectivity index (χ1n) is 6.47. The van der Waals surface area contributed by atoms with E-state index in [-0.39, 0.29) is 21.2 Å². The Balaban J connectivity index is 2.71. The number of benzene rings is 1. The van der Waals surface area contributed by atoms with Crippen LogP contribution in [-0.4, -0.2) is 53.0 Å². The molecule has 134 valence electrons. The molecule has 0 radical (unpaired) electrons. The van der Waals surface area contributed by atoms with Gasteiger partial charge in [-0.3, -0.25) is 4.99 Å². The van der Waals surface area contributed by atoms with Gasteiger partial charge < -0.3 is 4.90 Å². The third-order valence-electron chi connectivity index (χ3n) is 3.39. The van der Waals surface area contributed by atoms with E-state index in [0.717, 1.165) is 6.26 Å². The van der Waals surface area contributed by atoms with E-state index in [4.69, 9.17) is 20.9 Å². The quantitative estimate of drug-likeness (QED) is 0.724. The maximum atomic E-state index is 11.8. The number of rotatable bonds is 4. The lowest BCUT2D eigenvalue weighted by atomic mass is 10.0. The zero-order valence-corrected chi connectivity index (χ0v) is 16.3. The number of sulfonamides is 1. The number of nitrogens with two attached hydrogens (primary N) is 1. The van der Waals surface area contributed by atoms with Crippen LogP contribution in [0.4, 0.5) is 0 Å². The molecule has 2 N–H and O–H groups in total. The summed E-state index contributed by atoms with van der Waals surface area (Å²) in [5.74, 6) is 0.189. The standard InChI is InChI=1S/C12H16ClN3O5S3/c1-15-11-16(2)12(7-22-11,21-23(3,17)18)8-4-5-9(13)10(6-8)24(14,19)20/h4-6H,7H2,1-3H3,(H2,14,19,20). The molecular weight excluding hydrogens is 398 g/mol. The van der Waals surface area contributed by atoms with Crippen LogP contribution >= 0.6 is 23.4 Å². The molecule has 1 atom stereocenters. The minimum absolute atomic E-state index is 0.0616. The van der Waals surface area contributed by atoms with Gasteiger partial charge >= 0.3 is 0 Å². The van der Waals surface area contributed by atoms with Gasteiger partial charge in [0.2, 0.25) is 10.0 Å². The number of primary sulfonamides is 1. The average molecular weight is 414 g/mol. The van der Waals surface area contributed by atoms with Crippen LogP contribution in [0.2, 0.25) is 5.02 Å². The number of amidine groups is 1. The third kappa shape index (κ3) is 3.70. The third-order valence-corrected chi connectivity index (χ3v) is 6.62. The smallest absolute Gasteiger partial charge is 0.267 e. The van der Waals surface area contributed by atoms with E-state index in [1.807, 2.05) is 0 Å². The monoisotopic (exact) mass is 413 g/mol. The van der Waals surface area contributed by atoms with E-state index in [1.54, 1.807) is 14.1 Å². The Bertz CT molecular complexity index is 901. The van der Waals surface area contributed by atoms with Crippen LogP contribution < -0.4 is 5.14 Å². The van der Waals surface area contributed by atoms with E-state index < -0.39 is 25.9 Å². The number of thioether (sulfide) groups is 1. The minimum atomic E-state index is -4.09. The highest BCUT2D eigenvalue weighted by molar-refractivity contribution is 8.14. The van der Waals surface area contributed by atoms with E-state index in [0.29, 0.717) is 5.17 Å². The number of halogens is 1. The fraction of sp³-hybridized carbons (Fsp3) is 0.417. The number of hydrogen-bond acceptors (Lipinski definition) is 7. The Kier molecular flexibility index (Phi) is 5.25. The first-order chi connectivity index (χ1) is 10.9. The van der Waals surface area contributed by atoms with E-state index >= 15 is 0 Å². The van der Waals surface area contributed by atoms with Gasteiger partial charge in [0.25, 0.3) is 10.1 Å². The van der Waals surface area contributed by atoms with Gasteiger partial charge in [0.05, 0.1) is 17.0 Å². The lowest BCUT2D eigenvalue weighted by Crippen LogP contribution is -2.46. The maximum absolute atomic E-state index is 11.8. The van der Waals surface area contributed by atoms with Crippen molar-refractivity contribution in [3.63, 3.8) is 0 Å². The minimum Gasteiger partial charge on any atom is -0.321 e. The highest BCUT2D eigenvalue weighted by Gasteiger charge is 2.48. The van der Waals surface area contributed by atoms with Gasteiger partial charge in [-0.25, -0.2) is 17.7 Å². The summed E-state index contributed by atoms with van der Waals surface area (Å²) < 4.78 is 52.3. The maximum Gasteiger partial charge on any atom is 0.267 e. The predicted molar refractivity (Wildman–Crippen MR) is 94.0 cm³/mol. The molecule has 1 heterocycles. The van der Waals surface area contributed by atoms with Gasteiger partial charge in [0.1, 0.15) is 4.90 Å². The van der Waals surface area contributed by atoms with Crippen molar-refractivity contribution in [3.05, 3.63) is 28.8 Å². The molecule has 1 fully saturated rings. The van der Waals surface area contributed by atoms with Gasteiger partial charge in [0, 0.05) is 19.7 Å². The van der Waals surface area contributed by atoms with Crippen molar-refractivity contribution >= 4 is 48.7 Å². The van der Waals surface area contributed by atoms with Crippen LogP contribution in [0.5, 0.6) is 0 Å². The Hall–Kier alpha value is -0.850. The van der Waals surface area contributed by atoms with Gasteiger partial charge in [-0.1, -0.05) is 29.4 Å². The predicted octanol–water partition coefficient (Wildman–Crippen LogP) is 0.781. The Morgan fingerprint density at radius 3 is 2.46 bits per heavy atom. The Morgan fingerprint density at radius 1 is 1.38 bits per heavy atom. The molecule has 24 heavy (non-hydrogen) atoms. The topological polar surface area (TPSA) is 119 Å². The first-order valence-corrected chi connectivity index (χ1v) is 11.2. The van der Waals surface area contributed by atoms with Gasteiger partial charge in [-0.2, -0.15) is 8.42 Å². The molecule has 1 saturated heterocycles. The van der Waals surface area contributed by atoms with Crippen molar-refractivity contribution in [2.24, 2.45) is 10.1 Å². The van der Waals surface area contributed by atoms with Crippen molar-refractivity contribution in [3.8, 4) is 0 Å². The number of hydrogen-bond donors (Lipinski definition) is 1. The SMILES string of the molecule is CN=C1SCC(OS(C)(=O)=O)(c2ccc(Cl)c(S(N)(=O)=O)c2)N1C. The van der Waals surface area contributed by atoms with E-state index in [1.165, 1.54) is 34.9 Å². The van der Waals surface area contributed by atoms with Crippen LogP contribution in [0, 0.1) is 0 Å². The second-order valence-corrected chi connectivity index (χ2v) is 9.57. The van der Waals surface area contributed by atoms with Crippen molar-refractivity contribution in [1.82, 2.24) is 4.90 Å². The number of aliphatic imine (C=N–C) groups is 1. The summed E-state index contributed by atoms with van der Waals surface area (Å²) in [5, 5.41) is 5.66. The molecule has 12 heteroatoms. The molecule has 0 bridgehead atoms. The van der Waals surface area contributed by atoms with Crippen LogP contribution in [0.1, 0.15) is 5.56 Å². The average Bonchev–Trinajstić information content (AvgIpc) is 2.74. The molecular formula is C12H16ClN3O5S3. The van der Waals surface area contributed by atoms with Gasteiger partial charge in [-0.05, 0) is 12.1 Å². The second kappa shape index (κ2) is 6.46. The van der Waals surface area contributed by atoms with Gasteiger partial charge in [-0.15, -0.1) is 0 Å². The number of nitrogens with zero attached hydrogens (tertiary/aromatic N) is 2. The zero-order chi connectivity index (χ0) is 18.3. The molecule has 0 spiro atoms. The molecule has 1 aromatic rings. The molecule has 1 aliphatic rings. The summed E-state index contributed by atoms with van der Waals surface area (Å²) in [7, 11) is -4.77. The summed E-state index contributed by atoms with van der Waals surface area (Å²) in [4.78, 5) is 5.30. The molecule has 1 aliphatic heterocycles. The fourth-order valence-corrected chi connectivity index (χ4v) is 5.47. The second-order valence-electron chi connectivity index (χ2n) is 5.12. The van der Waals surface area contributed by atoms with Crippen molar-refractivity contribution in [2.45, 2.75) is 10.6 Å². The Morgan fingerprint density at radius 2 is 2.00 bits per heavy atom. The summed E-state index contributed by atoms with van der Waals surface area (Å²) in [6.07, 6.45) is 0.921. The molecule has 2 rings (SSSR count). The van der Waals surface area contributed by atoms with Crippen LogP contribution in [0.15, 0.2) is 28.1 Å². The summed E-state index contributed by atoms with van der Waals surface area (Å²) >= 11 is 7.18. The molecule has 0 aliphatic carbocycles. The Labute approximate surface area is 150 Å². The summed E-state index contributed by atoms with van der Waals surface area (Å²) in [5.41, 5.74) is -1.16. The molecule has 0 saturated carbocycles. The molecule has 8 nitrogen and oxygen atoms in total. The highest BCUT2D eigenvalue weighted by Crippen LogP contribution is 2.43. The fourth-order valence-electron chi connectivity index (χ4n) is 2.34. The highest BCUT2D eigenvalue weighted by atomic mass is 35.5. The molecule has 0 aromatic heterocycles. The molecule has 1 unspecified atom stereocenters. The van der Waals surface area contributed by atoms with E-state index in [9.17, 15) is 16.8 Å². The molecule has 0 amide bonds. The van der Waals surface area contributed by atoms with Crippen LogP contribution in [0.3, 0.4) is 0 Å². The first kappa shape index (κ1) is 19.5. The zero-order valence-electron chi connectivity index (χ0n) is 13.1. The summed E-state index contributed by atoms with van der Waals surface area (Å²) in [6.45, 7) is 0. The molecule has 1 aromatic carbocycles. The van der Waals surface area contributed by atoms with Crippen LogP contribution in [-0.2, 0) is 30.0 Å². The normalized spacial score (nSPS) is 23.9. The summed E-state index contributed by atoms with van der Waals surface area (Å²) in [6, 6.07) is 4.06. The lowest BCUT2D eigenvalue weighted by molar-refractivity contribution is -0.000574. The van der Waals surface area contributed by atoms with E-state index in [2.05, 4.69) is 4.99 Å². The lowest BCUT2D eigenvalue weighted by Gasteiger charge is -2.35. The van der Waals surface area contributed by atoms with Crippen molar-refractivity contribution < 1.29 is 21.0 Å². The largest absolute Gasteiger partial charge is 0.321 e. The van der Waals surface area contributed by atoms with Gasteiger partial charge in [0.15, 0.2) is 10.9 Å².